The maximum Gasteiger partial charge on any atom is 0.412 e. The molecule has 38 heavy (non-hydrogen) atoms. The van der Waals surface area contributed by atoms with Gasteiger partial charge in [-0.1, -0.05) is 45.9 Å². The Balaban J connectivity index is 2.50. The number of aliphatic hydroxyl groups excluding tert-OH is 3. The van der Waals surface area contributed by atoms with E-state index < -0.39 is 71.9 Å². The number of cyclic esters (lactones) is 1. The van der Waals surface area contributed by atoms with Crippen molar-refractivity contribution in [1.82, 2.24) is 4.98 Å². The van der Waals surface area contributed by atoms with Crippen LogP contribution in [0.5, 0.6) is 0 Å². The Morgan fingerprint density at radius 3 is 2.50 bits per heavy atom. The van der Waals surface area contributed by atoms with E-state index in [1.807, 2.05) is 0 Å². The Hall–Kier alpha value is -2.34. The average molecular weight is 560 g/mol. The molecule has 1 aliphatic heterocycles. The van der Waals surface area contributed by atoms with Crippen LogP contribution in [0.2, 0.25) is 0 Å². The number of carbonyl (C=O) groups is 2. The zero-order valence-electron chi connectivity index (χ0n) is 22.2. The van der Waals surface area contributed by atoms with E-state index in [9.17, 15) is 38.1 Å². The number of esters is 1. The molecule has 0 radical (unpaired) electrons. The maximum absolute atomic E-state index is 13.8. The van der Waals surface area contributed by atoms with E-state index in [1.165, 1.54) is 44.3 Å². The van der Waals surface area contributed by atoms with Crippen molar-refractivity contribution in [3.05, 3.63) is 45.5 Å². The first kappa shape index (κ1) is 31.9. The number of nitrogens with zero attached hydrogens (tertiary/aromatic N) is 1. The molecule has 3 unspecified atom stereocenters. The summed E-state index contributed by atoms with van der Waals surface area (Å²) in [5.74, 6) is -2.94. The molecule has 1 aliphatic rings. The molecule has 3 N–H and O–H groups in total. The monoisotopic (exact) mass is 559 g/mol. The summed E-state index contributed by atoms with van der Waals surface area (Å²) in [5, 5.41) is 32.8. The first-order chi connectivity index (χ1) is 17.6. The molecule has 0 saturated heterocycles. The van der Waals surface area contributed by atoms with Crippen molar-refractivity contribution < 1.29 is 42.8 Å². The smallest absolute Gasteiger partial charge is 0.412 e. The first-order valence-corrected chi connectivity index (χ1v) is 13.2. The van der Waals surface area contributed by atoms with Gasteiger partial charge >= 0.3 is 12.1 Å². The molecule has 2 rings (SSSR count). The van der Waals surface area contributed by atoms with E-state index in [0.29, 0.717) is 16.3 Å². The highest BCUT2D eigenvalue weighted by Crippen LogP contribution is 2.33. The highest BCUT2D eigenvalue weighted by molar-refractivity contribution is 7.09. The summed E-state index contributed by atoms with van der Waals surface area (Å²) >= 11 is 1.21. The number of aliphatic hydroxyl groups is 3. The number of allylic oxidation sites excluding steroid dienone is 2. The number of halogens is 3. The zero-order valence-corrected chi connectivity index (χ0v) is 23.0. The van der Waals surface area contributed by atoms with Crippen LogP contribution in [-0.4, -0.2) is 56.5 Å². The molecule has 0 saturated carbocycles. The number of Topliss-reactive ketones (excluding diaryl/α,β-unsaturated/α-hetero) is 1. The third kappa shape index (κ3) is 8.33. The fraction of sp³-hybridized carbons (Fsp3) is 0.593. The minimum absolute atomic E-state index is 0.262. The summed E-state index contributed by atoms with van der Waals surface area (Å²) in [6.45, 7) is 7.35. The summed E-state index contributed by atoms with van der Waals surface area (Å²) in [4.78, 5) is 30.1. The molecular weight excluding hydrogens is 523 g/mol. The number of ketones is 1. The topological polar surface area (TPSA) is 117 Å². The van der Waals surface area contributed by atoms with Gasteiger partial charge in [-0.15, -0.1) is 11.3 Å². The predicted octanol–water partition coefficient (Wildman–Crippen LogP) is 4.77. The fourth-order valence-corrected chi connectivity index (χ4v) is 4.80. The minimum Gasteiger partial charge on any atom is -0.457 e. The second-order valence-electron chi connectivity index (χ2n) is 10.2. The van der Waals surface area contributed by atoms with E-state index in [0.717, 1.165) is 6.08 Å². The number of aromatic nitrogens is 1. The van der Waals surface area contributed by atoms with Crippen LogP contribution in [0.1, 0.15) is 64.6 Å². The molecule has 5 atom stereocenters. The maximum atomic E-state index is 13.8. The number of hydrogen-bond acceptors (Lipinski definition) is 8. The van der Waals surface area contributed by atoms with Gasteiger partial charge in [-0.3, -0.25) is 9.59 Å². The van der Waals surface area contributed by atoms with Crippen LogP contribution in [0.15, 0.2) is 34.8 Å². The molecule has 0 aliphatic carbocycles. The van der Waals surface area contributed by atoms with Crippen molar-refractivity contribution in [2.24, 2.45) is 17.3 Å². The third-order valence-electron chi connectivity index (χ3n) is 6.87. The Morgan fingerprint density at radius 1 is 1.26 bits per heavy atom. The Morgan fingerprint density at radius 2 is 1.92 bits per heavy atom. The van der Waals surface area contributed by atoms with Gasteiger partial charge in [-0.25, -0.2) is 4.98 Å². The Labute approximate surface area is 224 Å². The summed E-state index contributed by atoms with van der Waals surface area (Å²) in [7, 11) is 0. The first-order valence-electron chi connectivity index (χ1n) is 12.3. The summed E-state index contributed by atoms with van der Waals surface area (Å²) < 4.78 is 46.8. The number of alkyl halides is 3. The van der Waals surface area contributed by atoms with E-state index in [2.05, 4.69) is 4.98 Å². The molecule has 0 aromatic carbocycles. The van der Waals surface area contributed by atoms with Crippen LogP contribution in [0.4, 0.5) is 13.2 Å². The van der Waals surface area contributed by atoms with Crippen LogP contribution in [-0.2, 0) is 20.9 Å². The van der Waals surface area contributed by atoms with Crippen molar-refractivity contribution in [2.75, 3.05) is 0 Å². The average Bonchev–Trinajstić information content (AvgIpc) is 3.29. The van der Waals surface area contributed by atoms with Gasteiger partial charge in [0.25, 0.3) is 0 Å². The quantitative estimate of drug-likeness (QED) is 0.361. The van der Waals surface area contributed by atoms with Crippen LogP contribution in [0, 0.1) is 17.3 Å². The summed E-state index contributed by atoms with van der Waals surface area (Å²) in [5.41, 5.74) is -1.38. The van der Waals surface area contributed by atoms with Gasteiger partial charge in [0.1, 0.15) is 16.9 Å². The van der Waals surface area contributed by atoms with E-state index in [4.69, 9.17) is 4.74 Å². The summed E-state index contributed by atoms with van der Waals surface area (Å²) in [6, 6.07) is 0. The van der Waals surface area contributed by atoms with Crippen LogP contribution < -0.4 is 0 Å². The fourth-order valence-electron chi connectivity index (χ4n) is 4.19. The second-order valence-corrected chi connectivity index (χ2v) is 11.2. The van der Waals surface area contributed by atoms with Crippen molar-refractivity contribution in [1.29, 1.82) is 0 Å². The lowest BCUT2D eigenvalue weighted by atomic mass is 9.73. The lowest BCUT2D eigenvalue weighted by molar-refractivity contribution is -0.154. The number of ether oxygens (including phenoxy) is 1. The third-order valence-corrected chi connectivity index (χ3v) is 7.73. The number of hydrogen-bond donors (Lipinski definition) is 3. The Kier molecular flexibility index (Phi) is 11.0. The van der Waals surface area contributed by atoms with Gasteiger partial charge in [0.05, 0.1) is 36.3 Å². The largest absolute Gasteiger partial charge is 0.457 e. The van der Waals surface area contributed by atoms with Crippen LogP contribution >= 0.6 is 11.3 Å². The molecule has 0 amide bonds. The van der Waals surface area contributed by atoms with Gasteiger partial charge in [0.2, 0.25) is 0 Å². The lowest BCUT2D eigenvalue weighted by Crippen LogP contribution is -2.45. The van der Waals surface area contributed by atoms with E-state index in [1.54, 1.807) is 25.3 Å². The predicted molar refractivity (Wildman–Crippen MR) is 138 cm³/mol. The minimum atomic E-state index is -4.64. The highest BCUT2D eigenvalue weighted by Gasteiger charge is 2.42. The van der Waals surface area contributed by atoms with Crippen LogP contribution in [0.25, 0.3) is 6.08 Å². The molecular formula is C27H36F3NO6S. The molecule has 0 spiro atoms. The molecule has 212 valence electrons. The lowest BCUT2D eigenvalue weighted by Gasteiger charge is -2.34. The Bertz CT molecular complexity index is 1080. The van der Waals surface area contributed by atoms with Crippen LogP contribution in [0.3, 0.4) is 0 Å². The SMILES string of the molecule is C/C(=C\c1csc(CO)n1)C1C/C=C(/C(F)(F)F)C/C=C/C(C)C(O)[C@@H](C)C(=O)C(C)(C)[C@@H](O)CC(=O)O1. The van der Waals surface area contributed by atoms with Gasteiger partial charge in [0.15, 0.2) is 0 Å². The number of rotatable bonds is 3. The van der Waals surface area contributed by atoms with Gasteiger partial charge in [-0.2, -0.15) is 13.2 Å². The molecule has 1 aromatic heterocycles. The summed E-state index contributed by atoms with van der Waals surface area (Å²) in [6.07, 6.45) is -4.45. The van der Waals surface area contributed by atoms with E-state index in [-0.39, 0.29) is 13.0 Å². The highest BCUT2D eigenvalue weighted by atomic mass is 32.1. The molecule has 1 aromatic rings. The molecule has 11 heteroatoms. The van der Waals surface area contributed by atoms with Gasteiger partial charge < -0.3 is 20.1 Å². The second kappa shape index (κ2) is 13.1. The molecule has 2 heterocycles. The van der Waals surface area contributed by atoms with Crippen molar-refractivity contribution in [3.63, 3.8) is 0 Å². The van der Waals surface area contributed by atoms with E-state index >= 15 is 0 Å². The molecule has 0 fully saturated rings. The number of carbonyl (C=O) groups excluding carboxylic acids is 2. The zero-order chi connectivity index (χ0) is 28.8. The van der Waals surface area contributed by atoms with Gasteiger partial charge in [0, 0.05) is 29.2 Å². The van der Waals surface area contributed by atoms with Crippen molar-refractivity contribution in [2.45, 2.75) is 85.0 Å². The van der Waals surface area contributed by atoms with Crippen molar-refractivity contribution >= 4 is 29.2 Å². The number of thiazole rings is 1. The van der Waals surface area contributed by atoms with Crippen molar-refractivity contribution in [3.8, 4) is 0 Å². The normalized spacial score (nSPS) is 30.9. The van der Waals surface area contributed by atoms with Gasteiger partial charge in [-0.05, 0) is 25.0 Å². The molecule has 0 bridgehead atoms. The standard InChI is InChI=1S/C27H36F3NO6S/c1-15-7-6-8-18(27(28,29)30)9-10-20(16(2)11-19-14-38-22(13-32)31-19)37-23(34)12-21(33)26(4,5)25(36)17(3)24(15)35/h6-7,9,11,14-15,17,20-21,24,32-33,35H,8,10,12-13H2,1-5H3/b7-6+,16-11+,18-9+/t15?,17-,20?,21+,24?/m1/s1. The molecule has 7 nitrogen and oxygen atoms in total.